The van der Waals surface area contributed by atoms with Gasteiger partial charge in [0.2, 0.25) is 0 Å². The van der Waals surface area contributed by atoms with Crippen molar-refractivity contribution < 1.29 is 8.98 Å². The summed E-state index contributed by atoms with van der Waals surface area (Å²) in [6, 6.07) is 4.12. The molecule has 0 amide bonds. The highest BCUT2D eigenvalue weighted by atomic mass is 16.3. The maximum absolute atomic E-state index is 5.38. The zero-order valence-electron chi connectivity index (χ0n) is 7.37. The summed E-state index contributed by atoms with van der Waals surface area (Å²) in [5.74, 6) is 0. The third-order valence-corrected chi connectivity index (χ3v) is 2.18. The molecule has 0 saturated heterocycles. The van der Waals surface area contributed by atoms with Crippen LogP contribution in [0.5, 0.6) is 0 Å². The van der Waals surface area contributed by atoms with Gasteiger partial charge in [-0.05, 0) is 25.5 Å². The van der Waals surface area contributed by atoms with E-state index in [0.717, 1.165) is 12.3 Å². The third kappa shape index (κ3) is 0.916. The average molecular weight is 162 g/mol. The summed E-state index contributed by atoms with van der Waals surface area (Å²) < 4.78 is 7.48. The van der Waals surface area contributed by atoms with Crippen molar-refractivity contribution in [2.75, 3.05) is 0 Å². The van der Waals surface area contributed by atoms with Crippen LogP contribution in [-0.2, 0) is 6.54 Å². The van der Waals surface area contributed by atoms with E-state index in [9.17, 15) is 0 Å². The van der Waals surface area contributed by atoms with Crippen LogP contribution in [0.4, 0.5) is 0 Å². The van der Waals surface area contributed by atoms with Gasteiger partial charge in [0.25, 0.3) is 0 Å². The molecule has 0 unspecified atom stereocenters. The Morgan fingerprint density at radius 3 is 3.00 bits per heavy atom. The van der Waals surface area contributed by atoms with E-state index in [1.54, 1.807) is 6.26 Å². The summed E-state index contributed by atoms with van der Waals surface area (Å²) in [7, 11) is 0. The molecule has 2 heteroatoms. The Balaban J connectivity index is 2.82. The second kappa shape index (κ2) is 2.63. The minimum absolute atomic E-state index is 0.949. The van der Waals surface area contributed by atoms with Gasteiger partial charge in [-0.15, -0.1) is 0 Å². The van der Waals surface area contributed by atoms with Gasteiger partial charge in [-0.3, -0.25) is 0 Å². The summed E-state index contributed by atoms with van der Waals surface area (Å²) in [5.41, 5.74) is 2.24. The van der Waals surface area contributed by atoms with E-state index in [2.05, 4.69) is 30.7 Å². The maximum Gasteiger partial charge on any atom is 0.380 e. The highest BCUT2D eigenvalue weighted by molar-refractivity contribution is 5.74. The third-order valence-electron chi connectivity index (χ3n) is 2.18. The minimum atomic E-state index is 0.949. The lowest BCUT2D eigenvalue weighted by atomic mass is 10.2. The molecule has 0 aliphatic carbocycles. The van der Waals surface area contributed by atoms with E-state index in [4.69, 9.17) is 4.42 Å². The standard InChI is InChI=1S/C10H12NO/c1-3-11-6-4-8(2)9-5-7-12-10(9)11/h4-7H,3H2,1-2H3/q+1. The van der Waals surface area contributed by atoms with Crippen molar-refractivity contribution in [1.82, 2.24) is 0 Å². The molecular weight excluding hydrogens is 150 g/mol. The van der Waals surface area contributed by atoms with Crippen LogP contribution < -0.4 is 4.57 Å². The lowest BCUT2D eigenvalue weighted by Gasteiger charge is -1.94. The maximum atomic E-state index is 5.38. The Bertz CT molecular complexity index is 403. The number of nitrogens with zero attached hydrogens (tertiary/aromatic N) is 1. The number of aromatic nitrogens is 1. The molecule has 0 atom stereocenters. The molecule has 2 aromatic heterocycles. The van der Waals surface area contributed by atoms with E-state index < -0.39 is 0 Å². The minimum Gasteiger partial charge on any atom is -0.413 e. The van der Waals surface area contributed by atoms with Crippen LogP contribution in [0.1, 0.15) is 12.5 Å². The molecule has 12 heavy (non-hydrogen) atoms. The fourth-order valence-corrected chi connectivity index (χ4v) is 1.43. The van der Waals surface area contributed by atoms with E-state index in [1.165, 1.54) is 10.9 Å². The summed E-state index contributed by atoms with van der Waals surface area (Å²) in [6.07, 6.45) is 3.80. The second-order valence-corrected chi connectivity index (χ2v) is 2.92. The largest absolute Gasteiger partial charge is 0.413 e. The molecule has 0 spiro atoms. The van der Waals surface area contributed by atoms with Crippen molar-refractivity contribution in [3.63, 3.8) is 0 Å². The normalized spacial score (nSPS) is 10.8. The van der Waals surface area contributed by atoms with Crippen molar-refractivity contribution in [3.8, 4) is 0 Å². The predicted octanol–water partition coefficient (Wildman–Crippen LogP) is 2.05. The van der Waals surface area contributed by atoms with Crippen LogP contribution in [0, 0.1) is 6.92 Å². The molecule has 0 aliphatic rings. The van der Waals surface area contributed by atoms with Gasteiger partial charge < -0.3 is 4.42 Å². The van der Waals surface area contributed by atoms with E-state index in [1.807, 2.05) is 6.07 Å². The first-order valence-corrected chi connectivity index (χ1v) is 4.19. The lowest BCUT2D eigenvalue weighted by Crippen LogP contribution is -2.32. The number of hydrogen-bond acceptors (Lipinski definition) is 1. The Hall–Kier alpha value is -1.31. The van der Waals surface area contributed by atoms with Gasteiger partial charge in [-0.1, -0.05) is 0 Å². The van der Waals surface area contributed by atoms with Crippen LogP contribution in [0.3, 0.4) is 0 Å². The molecule has 2 rings (SSSR count). The topological polar surface area (TPSA) is 17.0 Å². The highest BCUT2D eigenvalue weighted by Crippen LogP contribution is 2.14. The summed E-state index contributed by atoms with van der Waals surface area (Å²) >= 11 is 0. The second-order valence-electron chi connectivity index (χ2n) is 2.92. The molecule has 0 bridgehead atoms. The van der Waals surface area contributed by atoms with Gasteiger partial charge in [0.1, 0.15) is 6.54 Å². The zero-order valence-corrected chi connectivity index (χ0v) is 7.37. The van der Waals surface area contributed by atoms with Gasteiger partial charge in [0, 0.05) is 6.07 Å². The molecule has 2 heterocycles. The van der Waals surface area contributed by atoms with Crippen LogP contribution in [0.25, 0.3) is 11.1 Å². The molecule has 0 radical (unpaired) electrons. The first-order chi connectivity index (χ1) is 5.83. The fraction of sp³-hybridized carbons (Fsp3) is 0.300. The molecule has 0 N–H and O–H groups in total. The van der Waals surface area contributed by atoms with Crippen molar-refractivity contribution in [1.29, 1.82) is 0 Å². The van der Waals surface area contributed by atoms with Crippen molar-refractivity contribution in [2.45, 2.75) is 20.4 Å². The average Bonchev–Trinajstić information content (AvgIpc) is 2.54. The van der Waals surface area contributed by atoms with Crippen LogP contribution in [0.15, 0.2) is 29.0 Å². The Labute approximate surface area is 71.4 Å². The van der Waals surface area contributed by atoms with E-state index in [0.29, 0.717) is 0 Å². The van der Waals surface area contributed by atoms with Crippen LogP contribution in [-0.4, -0.2) is 0 Å². The van der Waals surface area contributed by atoms with Crippen LogP contribution in [0.2, 0.25) is 0 Å². The first-order valence-electron chi connectivity index (χ1n) is 4.19. The van der Waals surface area contributed by atoms with Crippen molar-refractivity contribution in [2.24, 2.45) is 0 Å². The zero-order chi connectivity index (χ0) is 8.55. The molecule has 2 aromatic rings. The molecule has 0 fully saturated rings. The molecule has 2 nitrogen and oxygen atoms in total. The van der Waals surface area contributed by atoms with Crippen molar-refractivity contribution in [3.05, 3.63) is 30.2 Å². The number of fused-ring (bicyclic) bond motifs is 1. The fourth-order valence-electron chi connectivity index (χ4n) is 1.43. The summed E-state index contributed by atoms with van der Waals surface area (Å²) in [5, 5.41) is 1.21. The van der Waals surface area contributed by atoms with Gasteiger partial charge in [0.05, 0.1) is 11.6 Å². The Kier molecular flexibility index (Phi) is 1.61. The van der Waals surface area contributed by atoms with Crippen molar-refractivity contribution >= 4 is 11.1 Å². The van der Waals surface area contributed by atoms with Gasteiger partial charge in [-0.2, -0.15) is 4.57 Å². The number of furan rings is 1. The highest BCUT2D eigenvalue weighted by Gasteiger charge is 2.11. The SMILES string of the molecule is CC[n+]1ccc(C)c2ccoc21. The molecular formula is C10H12NO+. The van der Waals surface area contributed by atoms with Gasteiger partial charge >= 0.3 is 5.71 Å². The quantitative estimate of drug-likeness (QED) is 0.586. The number of rotatable bonds is 1. The summed E-state index contributed by atoms with van der Waals surface area (Å²) in [4.78, 5) is 0. The number of hydrogen-bond donors (Lipinski definition) is 0. The molecule has 0 saturated carbocycles. The number of pyridine rings is 1. The molecule has 0 aliphatic heterocycles. The molecule has 0 aromatic carbocycles. The number of aryl methyl sites for hydroxylation is 2. The van der Waals surface area contributed by atoms with Gasteiger partial charge in [0.15, 0.2) is 6.20 Å². The monoisotopic (exact) mass is 162 g/mol. The predicted molar refractivity (Wildman–Crippen MR) is 46.8 cm³/mol. The smallest absolute Gasteiger partial charge is 0.380 e. The summed E-state index contributed by atoms with van der Waals surface area (Å²) in [6.45, 7) is 5.15. The van der Waals surface area contributed by atoms with Gasteiger partial charge in [-0.25, -0.2) is 0 Å². The first kappa shape index (κ1) is 7.35. The van der Waals surface area contributed by atoms with Crippen LogP contribution >= 0.6 is 0 Å². The lowest BCUT2D eigenvalue weighted by molar-refractivity contribution is -0.674. The molecule has 62 valence electrons. The van der Waals surface area contributed by atoms with E-state index >= 15 is 0 Å². The Morgan fingerprint density at radius 1 is 1.42 bits per heavy atom. The Morgan fingerprint density at radius 2 is 2.25 bits per heavy atom. The van der Waals surface area contributed by atoms with E-state index in [-0.39, 0.29) is 0 Å².